The van der Waals surface area contributed by atoms with Crippen LogP contribution < -0.4 is 4.74 Å². The zero-order valence-corrected chi connectivity index (χ0v) is 12.0. The van der Waals surface area contributed by atoms with Crippen LogP contribution in [0.5, 0.6) is 5.75 Å². The summed E-state index contributed by atoms with van der Waals surface area (Å²) in [6, 6.07) is 11.9. The normalized spacial score (nSPS) is 12.2. The van der Waals surface area contributed by atoms with Crippen LogP contribution in [0.15, 0.2) is 46.9 Å². The van der Waals surface area contributed by atoms with E-state index >= 15 is 0 Å². The van der Waals surface area contributed by atoms with E-state index < -0.39 is 6.10 Å². The minimum Gasteiger partial charge on any atom is -0.489 e. The maximum absolute atomic E-state index is 13.2. The van der Waals surface area contributed by atoms with Gasteiger partial charge in [0.05, 0.1) is 6.10 Å². The van der Waals surface area contributed by atoms with Gasteiger partial charge in [0.1, 0.15) is 18.2 Å². The molecule has 0 aromatic heterocycles. The number of hydrogen-bond donors (Lipinski definition) is 1. The summed E-state index contributed by atoms with van der Waals surface area (Å²) in [5.74, 6) is 0.301. The lowest BCUT2D eigenvalue weighted by molar-refractivity contribution is 0.190. The van der Waals surface area contributed by atoms with E-state index in [1.807, 2.05) is 18.2 Å². The molecule has 0 spiro atoms. The molecule has 0 aliphatic rings. The fourth-order valence-electron chi connectivity index (χ4n) is 1.81. The lowest BCUT2D eigenvalue weighted by Gasteiger charge is -2.13. The van der Waals surface area contributed by atoms with Crippen molar-refractivity contribution in [3.05, 3.63) is 63.9 Å². The van der Waals surface area contributed by atoms with Gasteiger partial charge in [-0.05, 0) is 36.8 Å². The molecular formula is C15H14BrFO2. The molecule has 1 N–H and O–H groups in total. The third kappa shape index (κ3) is 3.78. The third-order valence-electron chi connectivity index (χ3n) is 2.69. The van der Waals surface area contributed by atoms with Gasteiger partial charge in [0.15, 0.2) is 0 Å². The Bertz CT molecular complexity index is 550. The van der Waals surface area contributed by atoms with Crippen LogP contribution in [0.1, 0.15) is 24.2 Å². The molecule has 100 valence electrons. The Hall–Kier alpha value is -1.39. The first-order chi connectivity index (χ1) is 9.06. The fourth-order valence-corrected chi connectivity index (χ4v) is 2.33. The van der Waals surface area contributed by atoms with E-state index in [0.29, 0.717) is 10.2 Å². The van der Waals surface area contributed by atoms with E-state index in [2.05, 4.69) is 15.9 Å². The second-order valence-corrected chi connectivity index (χ2v) is 5.20. The van der Waals surface area contributed by atoms with Crippen molar-refractivity contribution in [3.8, 4) is 5.75 Å². The average molecular weight is 325 g/mol. The van der Waals surface area contributed by atoms with Gasteiger partial charge >= 0.3 is 0 Å². The van der Waals surface area contributed by atoms with Crippen molar-refractivity contribution in [2.75, 3.05) is 0 Å². The largest absolute Gasteiger partial charge is 0.489 e. The number of aliphatic hydroxyl groups excluding tert-OH is 1. The molecule has 0 bridgehead atoms. The molecule has 1 unspecified atom stereocenters. The molecule has 2 rings (SSSR count). The lowest BCUT2D eigenvalue weighted by Crippen LogP contribution is -2.01. The number of benzene rings is 2. The summed E-state index contributed by atoms with van der Waals surface area (Å²) in [7, 11) is 0. The number of halogens is 2. The first kappa shape index (κ1) is 14.0. The van der Waals surface area contributed by atoms with Gasteiger partial charge in [0.2, 0.25) is 0 Å². The molecular weight excluding hydrogens is 311 g/mol. The van der Waals surface area contributed by atoms with Crippen molar-refractivity contribution in [2.24, 2.45) is 0 Å². The summed E-state index contributed by atoms with van der Waals surface area (Å²) in [6.07, 6.45) is -0.601. The molecule has 0 aliphatic heterocycles. The third-order valence-corrected chi connectivity index (χ3v) is 3.14. The zero-order chi connectivity index (χ0) is 13.8. The Morgan fingerprint density at radius 1 is 1.26 bits per heavy atom. The molecule has 0 radical (unpaired) electrons. The molecule has 0 fully saturated rings. The molecule has 0 saturated carbocycles. The van der Waals surface area contributed by atoms with Crippen molar-refractivity contribution in [1.82, 2.24) is 0 Å². The standard InChI is InChI=1S/C15H14BrFO2/c1-10(18)14-4-2-3-5-15(14)19-9-11-6-12(16)8-13(17)7-11/h2-8,10,18H,9H2,1H3. The van der Waals surface area contributed by atoms with E-state index in [-0.39, 0.29) is 12.4 Å². The van der Waals surface area contributed by atoms with E-state index in [1.54, 1.807) is 19.1 Å². The molecule has 2 aromatic rings. The second-order valence-electron chi connectivity index (χ2n) is 4.28. The Balaban J connectivity index is 2.14. The van der Waals surface area contributed by atoms with Crippen LogP contribution >= 0.6 is 15.9 Å². The molecule has 2 aromatic carbocycles. The lowest BCUT2D eigenvalue weighted by atomic mass is 10.1. The summed E-state index contributed by atoms with van der Waals surface area (Å²) < 4.78 is 19.6. The highest BCUT2D eigenvalue weighted by atomic mass is 79.9. The average Bonchev–Trinajstić information content (AvgIpc) is 2.35. The van der Waals surface area contributed by atoms with Crippen LogP contribution in [0.4, 0.5) is 4.39 Å². The van der Waals surface area contributed by atoms with Crippen molar-refractivity contribution in [1.29, 1.82) is 0 Å². The van der Waals surface area contributed by atoms with Gasteiger partial charge in [-0.2, -0.15) is 0 Å². The SMILES string of the molecule is CC(O)c1ccccc1OCc1cc(F)cc(Br)c1. The summed E-state index contributed by atoms with van der Waals surface area (Å²) in [5.41, 5.74) is 1.45. The van der Waals surface area contributed by atoms with Crippen LogP contribution in [0.2, 0.25) is 0 Å². The van der Waals surface area contributed by atoms with E-state index in [4.69, 9.17) is 4.74 Å². The Kier molecular flexibility index (Phi) is 4.56. The van der Waals surface area contributed by atoms with Gasteiger partial charge < -0.3 is 9.84 Å². The number of rotatable bonds is 4. The number of hydrogen-bond acceptors (Lipinski definition) is 2. The monoisotopic (exact) mass is 324 g/mol. The van der Waals surface area contributed by atoms with Crippen molar-refractivity contribution in [2.45, 2.75) is 19.6 Å². The van der Waals surface area contributed by atoms with Gasteiger partial charge in [0.25, 0.3) is 0 Å². The molecule has 1 atom stereocenters. The number of ether oxygens (including phenoxy) is 1. The fraction of sp³-hybridized carbons (Fsp3) is 0.200. The minimum absolute atomic E-state index is 0.250. The van der Waals surface area contributed by atoms with Crippen molar-refractivity contribution >= 4 is 15.9 Å². The van der Waals surface area contributed by atoms with E-state index in [0.717, 1.165) is 11.1 Å². The predicted molar refractivity (Wildman–Crippen MR) is 75.5 cm³/mol. The second kappa shape index (κ2) is 6.17. The maximum atomic E-state index is 13.2. The van der Waals surface area contributed by atoms with Crippen LogP contribution in [-0.2, 0) is 6.61 Å². The topological polar surface area (TPSA) is 29.5 Å². The van der Waals surface area contributed by atoms with E-state index in [9.17, 15) is 9.50 Å². The smallest absolute Gasteiger partial charge is 0.125 e. The minimum atomic E-state index is -0.601. The summed E-state index contributed by atoms with van der Waals surface area (Å²) >= 11 is 3.24. The van der Waals surface area contributed by atoms with Gasteiger partial charge in [-0.1, -0.05) is 34.1 Å². The Labute approximate surface area is 120 Å². The highest BCUT2D eigenvalue weighted by molar-refractivity contribution is 9.10. The Morgan fingerprint density at radius 3 is 2.68 bits per heavy atom. The van der Waals surface area contributed by atoms with Gasteiger partial charge in [-0.3, -0.25) is 0 Å². The molecule has 19 heavy (non-hydrogen) atoms. The van der Waals surface area contributed by atoms with Crippen molar-refractivity contribution in [3.63, 3.8) is 0 Å². The molecule has 0 amide bonds. The predicted octanol–water partition coefficient (Wildman–Crippen LogP) is 4.22. The summed E-state index contributed by atoms with van der Waals surface area (Å²) in [6.45, 7) is 1.93. The summed E-state index contributed by atoms with van der Waals surface area (Å²) in [5, 5.41) is 9.64. The quantitative estimate of drug-likeness (QED) is 0.912. The van der Waals surface area contributed by atoms with Crippen LogP contribution in [0.25, 0.3) is 0 Å². The molecule has 0 saturated heterocycles. The van der Waals surface area contributed by atoms with Gasteiger partial charge in [-0.15, -0.1) is 0 Å². The van der Waals surface area contributed by atoms with Crippen LogP contribution in [-0.4, -0.2) is 5.11 Å². The first-order valence-corrected chi connectivity index (χ1v) is 6.70. The van der Waals surface area contributed by atoms with Crippen LogP contribution in [0.3, 0.4) is 0 Å². The Morgan fingerprint density at radius 2 is 2.00 bits per heavy atom. The zero-order valence-electron chi connectivity index (χ0n) is 10.4. The van der Waals surface area contributed by atoms with Gasteiger partial charge in [-0.25, -0.2) is 4.39 Å². The highest BCUT2D eigenvalue weighted by Gasteiger charge is 2.08. The first-order valence-electron chi connectivity index (χ1n) is 5.91. The molecule has 0 heterocycles. The molecule has 2 nitrogen and oxygen atoms in total. The van der Waals surface area contributed by atoms with Crippen LogP contribution in [0, 0.1) is 5.82 Å². The molecule has 4 heteroatoms. The number of para-hydroxylation sites is 1. The highest BCUT2D eigenvalue weighted by Crippen LogP contribution is 2.25. The van der Waals surface area contributed by atoms with E-state index in [1.165, 1.54) is 12.1 Å². The molecule has 0 aliphatic carbocycles. The van der Waals surface area contributed by atoms with Gasteiger partial charge in [0, 0.05) is 10.0 Å². The number of aliphatic hydroxyl groups is 1. The van der Waals surface area contributed by atoms with Crippen molar-refractivity contribution < 1.29 is 14.2 Å². The summed E-state index contributed by atoms with van der Waals surface area (Å²) in [4.78, 5) is 0. The maximum Gasteiger partial charge on any atom is 0.125 e.